The number of aryl methyl sites for hydroxylation is 1. The molecule has 2 saturated heterocycles. The van der Waals surface area contributed by atoms with Crippen LogP contribution in [0.4, 0.5) is 13.2 Å². The van der Waals surface area contributed by atoms with Crippen molar-refractivity contribution in [3.8, 4) is 11.1 Å². The van der Waals surface area contributed by atoms with E-state index in [0.29, 0.717) is 12.1 Å². The van der Waals surface area contributed by atoms with Gasteiger partial charge in [0.25, 0.3) is 0 Å². The Hall–Kier alpha value is -2.38. The standard InChI is InChI=1S/C25H29F3N2O2/c1-16-12-18(13-29-14-21-9-10-22(15-29)30(21)17(2)31)4-11-23(16)19-5-7-20(8-6-19)24(3,32)25(26,27)28/h4-8,11-12,21-22,32H,9-10,13-15H2,1-3H3. The zero-order chi connectivity index (χ0) is 23.3. The molecule has 172 valence electrons. The number of likely N-dealkylation sites (tertiary alicyclic amines) is 1. The smallest absolute Gasteiger partial charge is 0.376 e. The SMILES string of the molecule is CC(=O)N1C2CCC1CN(Cc1ccc(-c3ccc(C(C)(O)C(F)(F)F)cc3)c(C)c1)C2. The van der Waals surface area contributed by atoms with Crippen molar-refractivity contribution in [1.82, 2.24) is 9.80 Å². The van der Waals surface area contributed by atoms with Crippen molar-refractivity contribution in [1.29, 1.82) is 0 Å². The molecule has 4 rings (SSSR count). The molecular formula is C25H29F3N2O2. The third-order valence-electron chi connectivity index (χ3n) is 6.93. The maximum Gasteiger partial charge on any atom is 0.421 e. The number of alkyl halides is 3. The van der Waals surface area contributed by atoms with E-state index < -0.39 is 11.8 Å². The second-order valence-electron chi connectivity index (χ2n) is 9.30. The summed E-state index contributed by atoms with van der Waals surface area (Å²) in [5, 5.41) is 9.87. The highest BCUT2D eigenvalue weighted by atomic mass is 19.4. The molecule has 0 radical (unpaired) electrons. The minimum Gasteiger partial charge on any atom is -0.376 e. The van der Waals surface area contributed by atoms with Crippen molar-refractivity contribution in [2.75, 3.05) is 13.1 Å². The van der Waals surface area contributed by atoms with Gasteiger partial charge in [-0.3, -0.25) is 9.69 Å². The van der Waals surface area contributed by atoms with Crippen molar-refractivity contribution in [2.45, 2.75) is 64.0 Å². The summed E-state index contributed by atoms with van der Waals surface area (Å²) in [6.07, 6.45) is -2.60. The van der Waals surface area contributed by atoms with Crippen LogP contribution in [0.2, 0.25) is 0 Å². The van der Waals surface area contributed by atoms with Crippen LogP contribution in [0.3, 0.4) is 0 Å². The highest BCUT2D eigenvalue weighted by molar-refractivity contribution is 5.74. The van der Waals surface area contributed by atoms with Gasteiger partial charge in [-0.15, -0.1) is 0 Å². The molecule has 0 aliphatic carbocycles. The van der Waals surface area contributed by atoms with E-state index in [2.05, 4.69) is 17.0 Å². The number of hydrogen-bond acceptors (Lipinski definition) is 3. The summed E-state index contributed by atoms with van der Waals surface area (Å²) in [5.41, 5.74) is 0.928. The third-order valence-corrected chi connectivity index (χ3v) is 6.93. The predicted molar refractivity (Wildman–Crippen MR) is 117 cm³/mol. The van der Waals surface area contributed by atoms with Gasteiger partial charge in [-0.25, -0.2) is 0 Å². The molecule has 0 aromatic heterocycles. The fraction of sp³-hybridized carbons (Fsp3) is 0.480. The lowest BCUT2D eigenvalue weighted by molar-refractivity contribution is -0.258. The molecule has 7 heteroatoms. The summed E-state index contributed by atoms with van der Waals surface area (Å²) in [7, 11) is 0. The van der Waals surface area contributed by atoms with Gasteiger partial charge in [-0.1, -0.05) is 42.5 Å². The van der Waals surface area contributed by atoms with Crippen LogP contribution in [0.15, 0.2) is 42.5 Å². The molecule has 2 bridgehead atoms. The topological polar surface area (TPSA) is 43.8 Å². The minimum atomic E-state index is -4.73. The number of hydrogen-bond donors (Lipinski definition) is 1. The second-order valence-corrected chi connectivity index (χ2v) is 9.30. The number of benzene rings is 2. The molecule has 1 N–H and O–H groups in total. The number of nitrogens with zero attached hydrogens (tertiary/aromatic N) is 2. The Morgan fingerprint density at radius 2 is 1.66 bits per heavy atom. The zero-order valence-electron chi connectivity index (χ0n) is 18.6. The monoisotopic (exact) mass is 446 g/mol. The Kier molecular flexibility index (Phi) is 5.84. The van der Waals surface area contributed by atoms with Gasteiger partial charge in [-0.05, 0) is 54.5 Å². The molecule has 2 aliphatic rings. The van der Waals surface area contributed by atoms with Crippen LogP contribution in [0, 0.1) is 6.92 Å². The number of carbonyl (C=O) groups excluding carboxylic acids is 1. The molecule has 4 nitrogen and oxygen atoms in total. The van der Waals surface area contributed by atoms with Crippen LogP contribution < -0.4 is 0 Å². The van der Waals surface area contributed by atoms with Gasteiger partial charge < -0.3 is 10.0 Å². The van der Waals surface area contributed by atoms with E-state index in [1.54, 1.807) is 19.1 Å². The molecule has 2 fully saturated rings. The Bertz CT molecular complexity index is 987. The number of amides is 1. The average Bonchev–Trinajstić information content (AvgIpc) is 2.99. The van der Waals surface area contributed by atoms with Crippen LogP contribution in [-0.4, -0.2) is 52.2 Å². The molecule has 3 unspecified atom stereocenters. The minimum absolute atomic E-state index is 0.167. The number of carbonyl (C=O) groups is 1. The quantitative estimate of drug-likeness (QED) is 0.745. The lowest BCUT2D eigenvalue weighted by Gasteiger charge is -2.40. The van der Waals surface area contributed by atoms with Crippen LogP contribution in [-0.2, 0) is 16.9 Å². The van der Waals surface area contributed by atoms with Crippen molar-refractivity contribution >= 4 is 5.91 Å². The highest BCUT2D eigenvalue weighted by Gasteiger charge is 2.51. The molecule has 2 aliphatic heterocycles. The summed E-state index contributed by atoms with van der Waals surface area (Å²) >= 11 is 0. The highest BCUT2D eigenvalue weighted by Crippen LogP contribution is 2.39. The normalized spacial score (nSPS) is 23.3. The van der Waals surface area contributed by atoms with Crippen molar-refractivity contribution in [3.05, 3.63) is 59.2 Å². The molecule has 2 aromatic carbocycles. The Morgan fingerprint density at radius 3 is 2.16 bits per heavy atom. The average molecular weight is 447 g/mol. The first kappa shape index (κ1) is 22.8. The molecule has 0 saturated carbocycles. The molecule has 32 heavy (non-hydrogen) atoms. The van der Waals surface area contributed by atoms with Crippen molar-refractivity contribution in [3.63, 3.8) is 0 Å². The lowest BCUT2D eigenvalue weighted by atomic mass is 9.92. The third kappa shape index (κ3) is 4.16. The molecule has 0 spiro atoms. The van der Waals surface area contributed by atoms with E-state index in [0.717, 1.165) is 56.1 Å². The van der Waals surface area contributed by atoms with Gasteiger partial charge in [0.15, 0.2) is 5.60 Å². The van der Waals surface area contributed by atoms with Crippen LogP contribution >= 0.6 is 0 Å². The number of halogens is 3. The summed E-state index contributed by atoms with van der Waals surface area (Å²) in [5.74, 6) is 0.167. The fourth-order valence-electron chi connectivity index (χ4n) is 5.18. The first-order valence-electron chi connectivity index (χ1n) is 11.0. The number of piperazine rings is 1. The van der Waals surface area contributed by atoms with Gasteiger partial charge in [0.05, 0.1) is 0 Å². The second kappa shape index (κ2) is 8.19. The Morgan fingerprint density at radius 1 is 1.06 bits per heavy atom. The van der Waals surface area contributed by atoms with E-state index in [1.807, 2.05) is 17.9 Å². The Labute approximate surface area is 186 Å². The van der Waals surface area contributed by atoms with Crippen LogP contribution in [0.5, 0.6) is 0 Å². The van der Waals surface area contributed by atoms with E-state index in [1.165, 1.54) is 17.7 Å². The van der Waals surface area contributed by atoms with Gasteiger partial charge in [0.2, 0.25) is 5.91 Å². The summed E-state index contributed by atoms with van der Waals surface area (Å²) in [4.78, 5) is 16.4. The predicted octanol–water partition coefficient (Wildman–Crippen LogP) is 4.63. The van der Waals surface area contributed by atoms with Crippen LogP contribution in [0.25, 0.3) is 11.1 Å². The van der Waals surface area contributed by atoms with Gasteiger partial charge in [0.1, 0.15) is 0 Å². The van der Waals surface area contributed by atoms with Crippen molar-refractivity contribution < 1.29 is 23.1 Å². The summed E-state index contributed by atoms with van der Waals surface area (Å²) in [6.45, 7) is 7.00. The molecule has 1 amide bonds. The zero-order valence-corrected chi connectivity index (χ0v) is 18.6. The number of aliphatic hydroxyl groups is 1. The number of fused-ring (bicyclic) bond motifs is 2. The lowest BCUT2D eigenvalue weighted by Crippen LogP contribution is -2.54. The molecular weight excluding hydrogens is 417 g/mol. The first-order valence-corrected chi connectivity index (χ1v) is 11.0. The number of rotatable bonds is 4. The van der Waals surface area contributed by atoms with E-state index in [-0.39, 0.29) is 11.5 Å². The fourth-order valence-corrected chi connectivity index (χ4v) is 5.18. The van der Waals surface area contributed by atoms with Gasteiger partial charge in [0, 0.05) is 38.6 Å². The summed E-state index contributed by atoms with van der Waals surface area (Å²) < 4.78 is 39.3. The van der Waals surface area contributed by atoms with Crippen LogP contribution in [0.1, 0.15) is 43.4 Å². The Balaban J connectivity index is 1.47. The summed E-state index contributed by atoms with van der Waals surface area (Å²) in [6, 6.07) is 12.7. The first-order chi connectivity index (χ1) is 15.0. The van der Waals surface area contributed by atoms with Gasteiger partial charge in [-0.2, -0.15) is 13.2 Å². The van der Waals surface area contributed by atoms with Crippen molar-refractivity contribution in [2.24, 2.45) is 0 Å². The molecule has 2 aromatic rings. The van der Waals surface area contributed by atoms with Gasteiger partial charge >= 0.3 is 6.18 Å². The van der Waals surface area contributed by atoms with E-state index in [4.69, 9.17) is 0 Å². The maximum absolute atomic E-state index is 13.1. The largest absolute Gasteiger partial charge is 0.421 e. The van der Waals surface area contributed by atoms with E-state index in [9.17, 15) is 23.1 Å². The maximum atomic E-state index is 13.1. The van der Waals surface area contributed by atoms with E-state index >= 15 is 0 Å². The molecule has 2 heterocycles. The molecule has 3 atom stereocenters.